The topological polar surface area (TPSA) is 64.4 Å². The predicted molar refractivity (Wildman–Crippen MR) is 140 cm³/mol. The SMILES string of the molecule is Br.NC(N)=Nc1cccc2cc3ccc4cc5cc6ccccc6cc5cc4c3cc12. The lowest BCUT2D eigenvalue weighted by Gasteiger charge is -2.10. The van der Waals surface area contributed by atoms with Gasteiger partial charge in [0.1, 0.15) is 0 Å². The molecule has 0 aliphatic carbocycles. The molecule has 6 aromatic rings. The second kappa shape index (κ2) is 7.25. The predicted octanol–water partition coefficient (Wildman–Crippen LogP) is 6.94. The maximum atomic E-state index is 5.65. The van der Waals surface area contributed by atoms with Crippen LogP contribution in [0.3, 0.4) is 0 Å². The van der Waals surface area contributed by atoms with Crippen LogP contribution in [0.25, 0.3) is 53.9 Å². The van der Waals surface area contributed by atoms with E-state index in [9.17, 15) is 0 Å². The first-order valence-electron chi connectivity index (χ1n) is 9.97. The van der Waals surface area contributed by atoms with Crippen LogP contribution in [0.2, 0.25) is 0 Å². The van der Waals surface area contributed by atoms with Crippen molar-refractivity contribution in [3.05, 3.63) is 91.0 Å². The van der Waals surface area contributed by atoms with E-state index in [4.69, 9.17) is 11.5 Å². The van der Waals surface area contributed by atoms with Crippen LogP contribution in [0.1, 0.15) is 0 Å². The molecule has 0 aliphatic heterocycles. The van der Waals surface area contributed by atoms with Crippen molar-refractivity contribution in [3.63, 3.8) is 0 Å². The zero-order valence-electron chi connectivity index (χ0n) is 16.7. The summed E-state index contributed by atoms with van der Waals surface area (Å²) in [6.07, 6.45) is 0. The Hall–Kier alpha value is -3.63. The third kappa shape index (κ3) is 3.16. The van der Waals surface area contributed by atoms with E-state index < -0.39 is 0 Å². The van der Waals surface area contributed by atoms with Gasteiger partial charge in [-0.1, -0.05) is 48.5 Å². The van der Waals surface area contributed by atoms with Gasteiger partial charge in [-0.15, -0.1) is 17.0 Å². The molecule has 4 heteroatoms. The molecular weight excluding hydrogens is 446 g/mol. The van der Waals surface area contributed by atoms with Crippen molar-refractivity contribution in [2.24, 2.45) is 16.5 Å². The summed E-state index contributed by atoms with van der Waals surface area (Å²) in [6.45, 7) is 0. The number of halogens is 1. The summed E-state index contributed by atoms with van der Waals surface area (Å²) in [5, 5.41) is 12.0. The summed E-state index contributed by atoms with van der Waals surface area (Å²) < 4.78 is 0. The van der Waals surface area contributed by atoms with Crippen molar-refractivity contribution >= 4 is 82.5 Å². The normalized spacial score (nSPS) is 11.2. The molecule has 0 aromatic heterocycles. The molecule has 0 heterocycles. The van der Waals surface area contributed by atoms with Gasteiger partial charge in [-0.05, 0) is 90.9 Å². The highest BCUT2D eigenvalue weighted by Crippen LogP contribution is 2.36. The summed E-state index contributed by atoms with van der Waals surface area (Å²) in [6, 6.07) is 32.5. The molecule has 150 valence electrons. The zero-order chi connectivity index (χ0) is 20.2. The van der Waals surface area contributed by atoms with E-state index in [1.807, 2.05) is 12.1 Å². The summed E-state index contributed by atoms with van der Waals surface area (Å²) >= 11 is 0. The van der Waals surface area contributed by atoms with Gasteiger partial charge in [-0.25, -0.2) is 4.99 Å². The number of guanidine groups is 1. The summed E-state index contributed by atoms with van der Waals surface area (Å²) in [7, 11) is 0. The monoisotopic (exact) mass is 465 g/mol. The Bertz CT molecular complexity index is 1660. The molecule has 0 amide bonds. The Morgan fingerprint density at radius 3 is 1.68 bits per heavy atom. The molecular formula is C27H20BrN3. The Morgan fingerprint density at radius 2 is 1.00 bits per heavy atom. The minimum Gasteiger partial charge on any atom is -0.370 e. The molecule has 6 rings (SSSR count). The van der Waals surface area contributed by atoms with Crippen molar-refractivity contribution in [2.75, 3.05) is 0 Å². The lowest BCUT2D eigenvalue weighted by atomic mass is 9.94. The standard InChI is InChI=1S/C27H19N3.BrH/c28-27(29)30-26-7-3-6-18-12-19-8-9-20-13-21-10-16-4-1-2-5-17(16)11-22(21)14-23(20)24(19)15-25(18)26;/h1-15H,(H4,28,29,30);1H. The van der Waals surface area contributed by atoms with Gasteiger partial charge in [0.05, 0.1) is 5.69 Å². The molecule has 0 spiro atoms. The maximum Gasteiger partial charge on any atom is 0.191 e. The third-order valence-electron chi connectivity index (χ3n) is 5.88. The van der Waals surface area contributed by atoms with Crippen LogP contribution in [0, 0.1) is 0 Å². The lowest BCUT2D eigenvalue weighted by molar-refractivity contribution is 1.44. The maximum absolute atomic E-state index is 5.65. The smallest absolute Gasteiger partial charge is 0.191 e. The molecule has 6 aromatic carbocycles. The van der Waals surface area contributed by atoms with Crippen LogP contribution in [0.15, 0.2) is 96.0 Å². The number of rotatable bonds is 1. The number of hydrogen-bond donors (Lipinski definition) is 2. The van der Waals surface area contributed by atoms with Gasteiger partial charge in [-0.3, -0.25) is 0 Å². The number of benzene rings is 6. The van der Waals surface area contributed by atoms with Crippen molar-refractivity contribution in [1.82, 2.24) is 0 Å². The second-order valence-electron chi connectivity index (χ2n) is 7.79. The van der Waals surface area contributed by atoms with Crippen LogP contribution in [-0.2, 0) is 0 Å². The average molecular weight is 466 g/mol. The molecule has 0 bridgehead atoms. The highest BCUT2D eigenvalue weighted by atomic mass is 79.9. The molecule has 3 nitrogen and oxygen atoms in total. The quantitative estimate of drug-likeness (QED) is 0.119. The van der Waals surface area contributed by atoms with Gasteiger partial charge in [0.2, 0.25) is 0 Å². The molecule has 0 radical (unpaired) electrons. The third-order valence-corrected chi connectivity index (χ3v) is 5.88. The van der Waals surface area contributed by atoms with E-state index in [1.54, 1.807) is 0 Å². The number of aliphatic imine (C=N–C) groups is 1. The van der Waals surface area contributed by atoms with Crippen LogP contribution >= 0.6 is 17.0 Å². The lowest BCUT2D eigenvalue weighted by Crippen LogP contribution is -2.21. The van der Waals surface area contributed by atoms with E-state index >= 15 is 0 Å². The fourth-order valence-electron chi connectivity index (χ4n) is 4.49. The van der Waals surface area contributed by atoms with Gasteiger partial charge >= 0.3 is 0 Å². The largest absolute Gasteiger partial charge is 0.370 e. The summed E-state index contributed by atoms with van der Waals surface area (Å²) in [5.41, 5.74) is 12.1. The van der Waals surface area contributed by atoms with Gasteiger partial charge in [0, 0.05) is 5.39 Å². The van der Waals surface area contributed by atoms with Gasteiger partial charge < -0.3 is 11.5 Å². The number of nitrogens with two attached hydrogens (primary N) is 2. The Kier molecular flexibility index (Phi) is 4.53. The van der Waals surface area contributed by atoms with Gasteiger partial charge in [0.15, 0.2) is 5.96 Å². The molecule has 4 N–H and O–H groups in total. The van der Waals surface area contributed by atoms with Crippen LogP contribution in [-0.4, -0.2) is 5.96 Å². The van der Waals surface area contributed by atoms with E-state index in [1.165, 1.54) is 43.1 Å². The second-order valence-corrected chi connectivity index (χ2v) is 7.79. The highest BCUT2D eigenvalue weighted by molar-refractivity contribution is 8.93. The Balaban J connectivity index is 0.00000204. The number of fused-ring (bicyclic) bond motifs is 6. The van der Waals surface area contributed by atoms with Gasteiger partial charge in [-0.2, -0.15) is 0 Å². The fourth-order valence-corrected chi connectivity index (χ4v) is 4.49. The van der Waals surface area contributed by atoms with E-state index in [0.29, 0.717) is 0 Å². The minimum atomic E-state index is 0. The van der Waals surface area contributed by atoms with Crippen molar-refractivity contribution < 1.29 is 0 Å². The van der Waals surface area contributed by atoms with Crippen molar-refractivity contribution in [3.8, 4) is 0 Å². The molecule has 0 saturated heterocycles. The first-order valence-corrected chi connectivity index (χ1v) is 9.97. The Morgan fingerprint density at radius 1 is 0.484 bits per heavy atom. The van der Waals surface area contributed by atoms with Crippen molar-refractivity contribution in [2.45, 2.75) is 0 Å². The molecule has 0 saturated carbocycles. The van der Waals surface area contributed by atoms with Crippen LogP contribution in [0.4, 0.5) is 5.69 Å². The number of nitrogens with zero attached hydrogens (tertiary/aromatic N) is 1. The first kappa shape index (κ1) is 19.3. The van der Waals surface area contributed by atoms with Crippen molar-refractivity contribution in [1.29, 1.82) is 0 Å². The summed E-state index contributed by atoms with van der Waals surface area (Å²) in [5.74, 6) is 0.0680. The molecule has 0 atom stereocenters. The molecule has 0 unspecified atom stereocenters. The van der Waals surface area contributed by atoms with E-state index in [-0.39, 0.29) is 22.9 Å². The molecule has 0 fully saturated rings. The fraction of sp³-hybridized carbons (Fsp3) is 0. The average Bonchev–Trinajstić information content (AvgIpc) is 2.75. The van der Waals surface area contributed by atoms with E-state index in [0.717, 1.165) is 16.5 Å². The summed E-state index contributed by atoms with van der Waals surface area (Å²) in [4.78, 5) is 4.33. The van der Waals surface area contributed by atoms with E-state index in [2.05, 4.69) is 83.9 Å². The molecule has 0 aliphatic rings. The Labute approximate surface area is 189 Å². The zero-order valence-corrected chi connectivity index (χ0v) is 18.4. The number of hydrogen-bond acceptors (Lipinski definition) is 1. The molecule has 31 heavy (non-hydrogen) atoms. The van der Waals surface area contributed by atoms with Gasteiger partial charge in [0.25, 0.3) is 0 Å². The minimum absolute atomic E-state index is 0. The highest BCUT2D eigenvalue weighted by Gasteiger charge is 2.08. The van der Waals surface area contributed by atoms with Crippen LogP contribution < -0.4 is 11.5 Å². The first-order chi connectivity index (χ1) is 14.7. The van der Waals surface area contributed by atoms with Crippen LogP contribution in [0.5, 0.6) is 0 Å².